The Bertz CT molecular complexity index is 89.4. The second-order valence-electron chi connectivity index (χ2n) is 3.44. The Morgan fingerprint density at radius 1 is 1.15 bits per heavy atom. The maximum Gasteiger partial charge on any atom is 0.633 e. The summed E-state index contributed by atoms with van der Waals surface area (Å²) in [6.45, 7) is 4.84. The van der Waals surface area contributed by atoms with Gasteiger partial charge in [-0.05, 0) is 12.3 Å². The van der Waals surface area contributed by atoms with Gasteiger partial charge in [0.05, 0.1) is 0 Å². The minimum Gasteiger partial charge on any atom is -0.402 e. The fraction of sp³-hybridized carbons (Fsp3) is 1.00. The van der Waals surface area contributed by atoms with Gasteiger partial charge in [0.15, 0.2) is 0 Å². The summed E-state index contributed by atoms with van der Waals surface area (Å²) in [6.07, 6.45) is 4.44. The zero-order valence-corrected chi connectivity index (χ0v) is 9.24. The van der Waals surface area contributed by atoms with E-state index in [9.17, 15) is 0 Å². The van der Waals surface area contributed by atoms with Gasteiger partial charge in [0, 0.05) is 23.7 Å². The van der Waals surface area contributed by atoms with Crippen molar-refractivity contribution in [2.45, 2.75) is 39.5 Å². The zero-order valence-electron chi connectivity index (χ0n) is 8.29. The van der Waals surface area contributed by atoms with Crippen molar-refractivity contribution < 1.29 is 31.8 Å². The van der Waals surface area contributed by atoms with Crippen molar-refractivity contribution >= 4 is 7.32 Å². The number of hydrogen-bond acceptors (Lipinski definition) is 3. The van der Waals surface area contributed by atoms with E-state index in [0.717, 1.165) is 18.8 Å². The average Bonchev–Trinajstić information content (AvgIpc) is 1.95. The summed E-state index contributed by atoms with van der Waals surface area (Å²) in [7, 11) is -1.60. The van der Waals surface area contributed by atoms with Crippen molar-refractivity contribution in [1.29, 1.82) is 0 Å². The van der Waals surface area contributed by atoms with E-state index < -0.39 is 7.32 Å². The van der Waals surface area contributed by atoms with Gasteiger partial charge in [-0.25, -0.2) is 0 Å². The maximum absolute atomic E-state index is 8.33. The third-order valence-electron chi connectivity index (χ3n) is 1.69. The summed E-state index contributed by atoms with van der Waals surface area (Å²) in [5.41, 5.74) is 0. The Morgan fingerprint density at radius 2 is 1.77 bits per heavy atom. The van der Waals surface area contributed by atoms with E-state index in [4.69, 9.17) is 10.0 Å². The van der Waals surface area contributed by atoms with Crippen LogP contribution in [0.1, 0.15) is 39.5 Å². The summed E-state index contributed by atoms with van der Waals surface area (Å²) in [5, 5.41) is 16.7. The Kier molecular flexibility index (Phi) is 12.9. The molecule has 0 amide bonds. The van der Waals surface area contributed by atoms with Crippen LogP contribution in [0.5, 0.6) is 0 Å². The molecule has 0 unspecified atom stereocenters. The molecular formula is C8H19BCuO3. The molecule has 0 saturated heterocycles. The third-order valence-corrected chi connectivity index (χ3v) is 1.69. The van der Waals surface area contributed by atoms with Crippen LogP contribution in [0.25, 0.3) is 0 Å². The minimum atomic E-state index is -1.60. The predicted octanol–water partition coefficient (Wildman–Crippen LogP) is 1.19. The van der Waals surface area contributed by atoms with Gasteiger partial charge in [0.2, 0.25) is 0 Å². The van der Waals surface area contributed by atoms with Gasteiger partial charge in [-0.15, -0.1) is 0 Å². The van der Waals surface area contributed by atoms with Gasteiger partial charge in [0.25, 0.3) is 0 Å². The van der Waals surface area contributed by atoms with Crippen molar-refractivity contribution in [3.8, 4) is 0 Å². The van der Waals surface area contributed by atoms with E-state index >= 15 is 0 Å². The molecule has 13 heavy (non-hydrogen) atoms. The molecular weight excluding hydrogens is 218 g/mol. The normalized spacial score (nSPS) is 9.92. The molecule has 0 aliphatic rings. The van der Waals surface area contributed by atoms with Crippen molar-refractivity contribution in [2.24, 2.45) is 5.92 Å². The van der Waals surface area contributed by atoms with E-state index in [1.807, 2.05) is 0 Å². The van der Waals surface area contributed by atoms with E-state index in [1.54, 1.807) is 0 Å². The molecule has 0 aromatic rings. The van der Waals surface area contributed by atoms with E-state index in [2.05, 4.69) is 18.5 Å². The first-order chi connectivity index (χ1) is 5.63. The molecule has 0 atom stereocenters. The quantitative estimate of drug-likeness (QED) is 0.517. The minimum absolute atomic E-state index is 0. The average molecular weight is 238 g/mol. The first-order valence-electron chi connectivity index (χ1n) is 4.60. The van der Waals surface area contributed by atoms with Crippen LogP contribution in [0.4, 0.5) is 0 Å². The Labute approximate surface area is 91.5 Å². The molecule has 1 radical (unpaired) electrons. The molecule has 0 rings (SSSR count). The van der Waals surface area contributed by atoms with Gasteiger partial charge in [-0.1, -0.05) is 33.1 Å². The third kappa shape index (κ3) is 15.2. The van der Waals surface area contributed by atoms with Gasteiger partial charge in [-0.3, -0.25) is 0 Å². The Hall–Kier alpha value is 0.464. The van der Waals surface area contributed by atoms with Crippen LogP contribution in [0.2, 0.25) is 0 Å². The van der Waals surface area contributed by atoms with Crippen LogP contribution in [-0.4, -0.2) is 24.0 Å². The monoisotopic (exact) mass is 237 g/mol. The van der Waals surface area contributed by atoms with E-state index in [1.165, 1.54) is 12.8 Å². The van der Waals surface area contributed by atoms with Gasteiger partial charge >= 0.3 is 7.32 Å². The first-order valence-corrected chi connectivity index (χ1v) is 4.60. The molecule has 3 nitrogen and oxygen atoms in total. The zero-order chi connectivity index (χ0) is 9.40. The molecule has 0 bridgehead atoms. The van der Waals surface area contributed by atoms with E-state index in [0.29, 0.717) is 6.61 Å². The number of hydrogen-bond donors (Lipinski definition) is 2. The first kappa shape index (κ1) is 15.9. The smallest absolute Gasteiger partial charge is 0.402 e. The second kappa shape index (κ2) is 10.5. The summed E-state index contributed by atoms with van der Waals surface area (Å²) in [4.78, 5) is 0. The van der Waals surface area contributed by atoms with Crippen LogP contribution in [0.3, 0.4) is 0 Å². The molecule has 5 heteroatoms. The van der Waals surface area contributed by atoms with Crippen molar-refractivity contribution in [3.05, 3.63) is 0 Å². The van der Waals surface area contributed by atoms with Crippen molar-refractivity contribution in [2.75, 3.05) is 6.61 Å². The number of rotatable bonds is 7. The standard InChI is InChI=1S/C8H19BO3.Cu/c1-8(2)6-4-3-5-7-12-9(10)11;/h8,10-11H,3-7H2,1-2H3;. The predicted molar refractivity (Wildman–Crippen MR) is 49.4 cm³/mol. The number of unbranched alkanes of at least 4 members (excludes halogenated alkanes) is 2. The van der Waals surface area contributed by atoms with Crippen LogP contribution < -0.4 is 0 Å². The Morgan fingerprint density at radius 3 is 2.23 bits per heavy atom. The van der Waals surface area contributed by atoms with Gasteiger partial charge in [0.1, 0.15) is 0 Å². The molecule has 0 aliphatic heterocycles. The molecule has 0 spiro atoms. The maximum atomic E-state index is 8.33. The van der Waals surface area contributed by atoms with Gasteiger partial charge in [-0.2, -0.15) is 0 Å². The fourth-order valence-electron chi connectivity index (χ4n) is 1.02. The molecule has 0 saturated carbocycles. The molecule has 2 N–H and O–H groups in total. The largest absolute Gasteiger partial charge is 0.633 e. The van der Waals surface area contributed by atoms with Crippen molar-refractivity contribution in [1.82, 2.24) is 0 Å². The fourth-order valence-corrected chi connectivity index (χ4v) is 1.02. The van der Waals surface area contributed by atoms with Gasteiger partial charge < -0.3 is 14.7 Å². The molecule has 83 valence electrons. The molecule has 0 aromatic heterocycles. The molecule has 0 aliphatic carbocycles. The van der Waals surface area contributed by atoms with E-state index in [-0.39, 0.29) is 17.1 Å². The molecule has 0 aromatic carbocycles. The van der Waals surface area contributed by atoms with Crippen molar-refractivity contribution in [3.63, 3.8) is 0 Å². The summed E-state index contributed by atoms with van der Waals surface area (Å²) >= 11 is 0. The Balaban J connectivity index is 0. The molecule has 0 heterocycles. The SMILES string of the molecule is CC(C)CCCCCOB(O)O.[Cu]. The molecule has 0 fully saturated rings. The summed E-state index contributed by atoms with van der Waals surface area (Å²) in [6, 6.07) is 0. The second-order valence-corrected chi connectivity index (χ2v) is 3.44. The summed E-state index contributed by atoms with van der Waals surface area (Å²) in [5.74, 6) is 0.759. The summed E-state index contributed by atoms with van der Waals surface area (Å²) < 4.78 is 4.56. The topological polar surface area (TPSA) is 49.7 Å². The van der Waals surface area contributed by atoms with Crippen LogP contribution in [-0.2, 0) is 21.7 Å². The van der Waals surface area contributed by atoms with Crippen LogP contribution in [0, 0.1) is 5.92 Å². The van der Waals surface area contributed by atoms with Crippen LogP contribution in [0.15, 0.2) is 0 Å². The van der Waals surface area contributed by atoms with Crippen LogP contribution >= 0.6 is 0 Å².